The molecule has 4 nitrogen and oxygen atoms in total. The highest BCUT2D eigenvalue weighted by Crippen LogP contribution is 2.27. The standard InChI is InChI=1S/C17H12Cl2N2O2S/c1-21-14-5-3-2-4-12(14)16(20-17(21)23)24-9-15(22)11-7-6-10(18)8-13(11)19/h2-8H,9H2,1H3. The Hall–Kier alpha value is -1.82. The molecule has 1 heterocycles. The van der Waals surface area contributed by atoms with Crippen LogP contribution in [0.1, 0.15) is 10.4 Å². The van der Waals surface area contributed by atoms with Gasteiger partial charge in [-0.1, -0.05) is 53.2 Å². The fraction of sp³-hybridized carbons (Fsp3) is 0.118. The van der Waals surface area contributed by atoms with E-state index < -0.39 is 0 Å². The van der Waals surface area contributed by atoms with Crippen molar-refractivity contribution in [3.8, 4) is 0 Å². The molecule has 0 aliphatic rings. The van der Waals surface area contributed by atoms with Crippen LogP contribution in [-0.2, 0) is 7.05 Å². The average molecular weight is 379 g/mol. The van der Waals surface area contributed by atoms with E-state index in [-0.39, 0.29) is 17.2 Å². The molecule has 3 aromatic rings. The van der Waals surface area contributed by atoms with Crippen LogP contribution in [0.3, 0.4) is 0 Å². The van der Waals surface area contributed by atoms with E-state index in [0.717, 1.165) is 10.9 Å². The first-order valence-corrected chi connectivity index (χ1v) is 8.78. The van der Waals surface area contributed by atoms with Gasteiger partial charge in [-0.05, 0) is 24.3 Å². The molecule has 1 aromatic heterocycles. The van der Waals surface area contributed by atoms with Crippen LogP contribution in [0.15, 0.2) is 52.3 Å². The summed E-state index contributed by atoms with van der Waals surface area (Å²) in [5, 5.41) is 2.16. The first-order valence-electron chi connectivity index (χ1n) is 7.04. The average Bonchev–Trinajstić information content (AvgIpc) is 2.56. The van der Waals surface area contributed by atoms with Gasteiger partial charge in [0.05, 0.1) is 16.3 Å². The number of carbonyl (C=O) groups is 1. The van der Waals surface area contributed by atoms with Crippen LogP contribution in [0.25, 0.3) is 10.9 Å². The summed E-state index contributed by atoms with van der Waals surface area (Å²) in [5.41, 5.74) is 0.826. The molecule has 0 spiro atoms. The third-order valence-electron chi connectivity index (χ3n) is 3.55. The van der Waals surface area contributed by atoms with Crippen LogP contribution in [0, 0.1) is 0 Å². The Morgan fingerprint density at radius 1 is 1.21 bits per heavy atom. The predicted molar refractivity (Wildman–Crippen MR) is 98.5 cm³/mol. The van der Waals surface area contributed by atoms with Gasteiger partial charge in [0, 0.05) is 23.0 Å². The number of ketones is 1. The SMILES string of the molecule is Cn1c(=O)nc(SCC(=O)c2ccc(Cl)cc2Cl)c2ccccc21. The van der Waals surface area contributed by atoms with Crippen molar-refractivity contribution >= 4 is 51.6 Å². The molecule has 0 N–H and O–H groups in total. The molecular formula is C17H12Cl2N2O2S. The van der Waals surface area contributed by atoms with Crippen LogP contribution < -0.4 is 5.69 Å². The van der Waals surface area contributed by atoms with Gasteiger partial charge in [-0.15, -0.1) is 0 Å². The van der Waals surface area contributed by atoms with Crippen molar-refractivity contribution in [1.82, 2.24) is 9.55 Å². The van der Waals surface area contributed by atoms with Gasteiger partial charge in [-0.2, -0.15) is 4.98 Å². The third-order valence-corrected chi connectivity index (χ3v) is 5.09. The molecule has 0 unspecified atom stereocenters. The van der Waals surface area contributed by atoms with E-state index in [2.05, 4.69) is 4.98 Å². The fourth-order valence-corrected chi connectivity index (χ4v) is 3.72. The lowest BCUT2D eigenvalue weighted by molar-refractivity contribution is 0.102. The molecule has 24 heavy (non-hydrogen) atoms. The number of hydrogen-bond donors (Lipinski definition) is 0. The quantitative estimate of drug-likeness (QED) is 0.387. The summed E-state index contributed by atoms with van der Waals surface area (Å²) in [4.78, 5) is 28.4. The Kier molecular flexibility index (Phi) is 4.94. The molecule has 0 radical (unpaired) electrons. The molecule has 0 saturated carbocycles. The number of fused-ring (bicyclic) bond motifs is 1. The Balaban J connectivity index is 1.90. The topological polar surface area (TPSA) is 52.0 Å². The normalized spacial score (nSPS) is 11.0. The smallest absolute Gasteiger partial charge is 0.295 e. The van der Waals surface area contributed by atoms with E-state index in [0.29, 0.717) is 20.6 Å². The minimum absolute atomic E-state index is 0.130. The summed E-state index contributed by atoms with van der Waals surface area (Å²) in [5.74, 6) is -0.0147. The molecule has 3 rings (SSSR count). The van der Waals surface area contributed by atoms with Crippen LogP contribution in [0.2, 0.25) is 10.0 Å². The van der Waals surface area contributed by atoms with E-state index >= 15 is 0 Å². The molecular weight excluding hydrogens is 367 g/mol. The number of aromatic nitrogens is 2. The summed E-state index contributed by atoms with van der Waals surface area (Å²) in [6.07, 6.45) is 0. The lowest BCUT2D eigenvalue weighted by Gasteiger charge is -2.08. The van der Waals surface area contributed by atoms with Crippen LogP contribution >= 0.6 is 35.0 Å². The number of carbonyl (C=O) groups excluding carboxylic acids is 1. The number of hydrogen-bond acceptors (Lipinski definition) is 4. The first-order chi connectivity index (χ1) is 11.5. The van der Waals surface area contributed by atoms with Crippen molar-refractivity contribution in [2.75, 3.05) is 5.75 Å². The molecule has 0 aliphatic heterocycles. The Morgan fingerprint density at radius 2 is 1.96 bits per heavy atom. The number of thioether (sulfide) groups is 1. The van der Waals surface area contributed by atoms with E-state index in [1.165, 1.54) is 22.4 Å². The van der Waals surface area contributed by atoms with Gasteiger partial charge in [0.1, 0.15) is 5.03 Å². The van der Waals surface area contributed by atoms with Gasteiger partial charge in [-0.3, -0.25) is 9.36 Å². The number of Topliss-reactive ketones (excluding diaryl/α,β-unsaturated/α-hetero) is 1. The molecule has 0 amide bonds. The van der Waals surface area contributed by atoms with E-state index in [1.807, 2.05) is 24.3 Å². The third kappa shape index (κ3) is 3.34. The van der Waals surface area contributed by atoms with E-state index in [4.69, 9.17) is 23.2 Å². The number of rotatable bonds is 4. The summed E-state index contributed by atoms with van der Waals surface area (Å²) in [7, 11) is 1.67. The van der Waals surface area contributed by atoms with Gasteiger partial charge >= 0.3 is 5.69 Å². The first kappa shape index (κ1) is 17.0. The molecule has 0 atom stereocenters. The molecule has 7 heteroatoms. The molecule has 122 valence electrons. The van der Waals surface area contributed by atoms with Crippen molar-refractivity contribution in [3.05, 3.63) is 68.6 Å². The Bertz CT molecular complexity index is 1000. The maximum atomic E-state index is 12.4. The second kappa shape index (κ2) is 6.97. The van der Waals surface area contributed by atoms with Crippen LogP contribution in [0.4, 0.5) is 0 Å². The van der Waals surface area contributed by atoms with Crippen molar-refractivity contribution in [2.45, 2.75) is 5.03 Å². The van der Waals surface area contributed by atoms with Crippen molar-refractivity contribution in [1.29, 1.82) is 0 Å². The molecule has 0 bridgehead atoms. The molecule has 0 fully saturated rings. The second-order valence-corrected chi connectivity index (χ2v) is 6.92. The largest absolute Gasteiger partial charge is 0.348 e. The molecule has 0 saturated heterocycles. The lowest BCUT2D eigenvalue weighted by Crippen LogP contribution is -2.21. The lowest BCUT2D eigenvalue weighted by atomic mass is 10.1. The minimum atomic E-state index is -0.354. The van der Waals surface area contributed by atoms with Crippen LogP contribution in [-0.4, -0.2) is 21.1 Å². The highest BCUT2D eigenvalue weighted by molar-refractivity contribution is 8.00. The van der Waals surface area contributed by atoms with Crippen molar-refractivity contribution in [2.24, 2.45) is 7.05 Å². The maximum Gasteiger partial charge on any atom is 0.348 e. The Morgan fingerprint density at radius 3 is 2.71 bits per heavy atom. The number of para-hydroxylation sites is 1. The number of aryl methyl sites for hydroxylation is 1. The van der Waals surface area contributed by atoms with Crippen LogP contribution in [0.5, 0.6) is 0 Å². The van der Waals surface area contributed by atoms with Crippen molar-refractivity contribution < 1.29 is 4.79 Å². The zero-order valence-electron chi connectivity index (χ0n) is 12.6. The number of benzene rings is 2. The monoisotopic (exact) mass is 378 g/mol. The molecule has 0 aliphatic carbocycles. The highest BCUT2D eigenvalue weighted by atomic mass is 35.5. The summed E-state index contributed by atoms with van der Waals surface area (Å²) < 4.78 is 1.48. The van der Waals surface area contributed by atoms with Gasteiger partial charge in [0.15, 0.2) is 5.78 Å². The maximum absolute atomic E-state index is 12.4. The van der Waals surface area contributed by atoms with Gasteiger partial charge < -0.3 is 0 Å². The Labute approximate surface area is 152 Å². The highest BCUT2D eigenvalue weighted by Gasteiger charge is 2.14. The van der Waals surface area contributed by atoms with E-state index in [9.17, 15) is 9.59 Å². The number of nitrogens with zero attached hydrogens (tertiary/aromatic N) is 2. The van der Waals surface area contributed by atoms with Gasteiger partial charge in [0.2, 0.25) is 0 Å². The zero-order valence-corrected chi connectivity index (χ0v) is 15.0. The van der Waals surface area contributed by atoms with Gasteiger partial charge in [-0.25, -0.2) is 4.79 Å². The van der Waals surface area contributed by atoms with Gasteiger partial charge in [0.25, 0.3) is 0 Å². The predicted octanol–water partition coefficient (Wildman–Crippen LogP) is 4.22. The van der Waals surface area contributed by atoms with E-state index in [1.54, 1.807) is 19.2 Å². The van der Waals surface area contributed by atoms with Crippen molar-refractivity contribution in [3.63, 3.8) is 0 Å². The minimum Gasteiger partial charge on any atom is -0.295 e. The second-order valence-electron chi connectivity index (χ2n) is 5.11. The summed E-state index contributed by atoms with van der Waals surface area (Å²) >= 11 is 13.1. The fourth-order valence-electron chi connectivity index (χ4n) is 2.31. The summed E-state index contributed by atoms with van der Waals surface area (Å²) in [6.45, 7) is 0. The summed E-state index contributed by atoms with van der Waals surface area (Å²) in [6, 6.07) is 12.2. The zero-order chi connectivity index (χ0) is 17.3. The number of halogens is 2. The molecule has 2 aromatic carbocycles.